The average Bonchev–Trinajstić information content (AvgIpc) is 3.08. The van der Waals surface area contributed by atoms with Crippen LogP contribution in [-0.4, -0.2) is 52.8 Å². The van der Waals surface area contributed by atoms with E-state index in [4.69, 9.17) is 11.6 Å². The summed E-state index contributed by atoms with van der Waals surface area (Å²) in [6.45, 7) is 2.41. The van der Waals surface area contributed by atoms with Crippen molar-refractivity contribution in [3.05, 3.63) is 29.0 Å². The van der Waals surface area contributed by atoms with Gasteiger partial charge in [-0.15, -0.1) is 0 Å². The third kappa shape index (κ3) is 3.24. The van der Waals surface area contributed by atoms with Crippen molar-refractivity contribution in [3.63, 3.8) is 0 Å². The molecule has 0 atom stereocenters. The summed E-state index contributed by atoms with van der Waals surface area (Å²) in [6.07, 6.45) is 5.91. The van der Waals surface area contributed by atoms with Crippen LogP contribution in [0.5, 0.6) is 0 Å². The van der Waals surface area contributed by atoms with Crippen LogP contribution < -0.4 is 0 Å². The van der Waals surface area contributed by atoms with Crippen molar-refractivity contribution in [2.45, 2.75) is 25.7 Å². The highest BCUT2D eigenvalue weighted by Gasteiger charge is 2.30. The van der Waals surface area contributed by atoms with Gasteiger partial charge in [0.25, 0.3) is 5.91 Å². The molecule has 2 aliphatic rings. The maximum atomic E-state index is 12.4. The Bertz CT molecular complexity index is 564. The molecule has 0 aromatic carbocycles. The number of nitrogens with zero attached hydrogens (tertiary/aromatic N) is 3. The summed E-state index contributed by atoms with van der Waals surface area (Å²) in [6, 6.07) is 3.25. The summed E-state index contributed by atoms with van der Waals surface area (Å²) in [4.78, 5) is 32.4. The van der Waals surface area contributed by atoms with E-state index in [1.54, 1.807) is 17.0 Å². The van der Waals surface area contributed by atoms with Gasteiger partial charge in [-0.2, -0.15) is 0 Å². The first-order valence-electron chi connectivity index (χ1n) is 7.85. The quantitative estimate of drug-likeness (QED) is 0.785. The SMILES string of the molecule is O=C(c1ccnc(Cl)c1)N1CCN(C(=O)C2CCCC2)CC1. The zero-order valence-corrected chi connectivity index (χ0v) is 13.3. The van der Waals surface area contributed by atoms with E-state index in [1.807, 2.05) is 4.90 Å². The molecule has 0 spiro atoms. The van der Waals surface area contributed by atoms with Gasteiger partial charge in [0.05, 0.1) is 0 Å². The van der Waals surface area contributed by atoms with Gasteiger partial charge in [0, 0.05) is 43.9 Å². The van der Waals surface area contributed by atoms with Crippen molar-refractivity contribution in [1.82, 2.24) is 14.8 Å². The minimum Gasteiger partial charge on any atom is -0.339 e. The van der Waals surface area contributed by atoms with Crippen LogP contribution in [0.3, 0.4) is 0 Å². The van der Waals surface area contributed by atoms with Crippen molar-refractivity contribution in [2.24, 2.45) is 5.92 Å². The van der Waals surface area contributed by atoms with Crippen LogP contribution in [0.1, 0.15) is 36.0 Å². The molecule has 0 radical (unpaired) electrons. The molecule has 1 aromatic heterocycles. The van der Waals surface area contributed by atoms with Gasteiger partial charge >= 0.3 is 0 Å². The predicted octanol–water partition coefficient (Wildman–Crippen LogP) is 2.21. The Kier molecular flexibility index (Phi) is 4.62. The van der Waals surface area contributed by atoms with Crippen LogP contribution >= 0.6 is 11.6 Å². The minimum atomic E-state index is -0.0442. The Morgan fingerprint density at radius 1 is 1.09 bits per heavy atom. The highest BCUT2D eigenvalue weighted by molar-refractivity contribution is 6.29. The zero-order valence-electron chi connectivity index (χ0n) is 12.5. The smallest absolute Gasteiger partial charge is 0.254 e. The molecule has 118 valence electrons. The van der Waals surface area contributed by atoms with Gasteiger partial charge in [-0.3, -0.25) is 9.59 Å². The lowest BCUT2D eigenvalue weighted by molar-refractivity contribution is -0.136. The molecule has 1 saturated heterocycles. The van der Waals surface area contributed by atoms with Gasteiger partial charge in [0.2, 0.25) is 5.91 Å². The van der Waals surface area contributed by atoms with Crippen molar-refractivity contribution >= 4 is 23.4 Å². The van der Waals surface area contributed by atoms with Gasteiger partial charge in [0.15, 0.2) is 0 Å². The molecule has 1 aromatic rings. The first-order chi connectivity index (χ1) is 10.6. The monoisotopic (exact) mass is 321 g/mol. The molecule has 0 N–H and O–H groups in total. The van der Waals surface area contributed by atoms with Crippen LogP contribution in [0.4, 0.5) is 0 Å². The first-order valence-corrected chi connectivity index (χ1v) is 8.22. The van der Waals surface area contributed by atoms with E-state index in [0.717, 1.165) is 25.7 Å². The lowest BCUT2D eigenvalue weighted by Crippen LogP contribution is -2.51. The van der Waals surface area contributed by atoms with Gasteiger partial charge in [-0.1, -0.05) is 24.4 Å². The summed E-state index contributed by atoms with van der Waals surface area (Å²) in [7, 11) is 0. The second-order valence-corrected chi connectivity index (χ2v) is 6.35. The van der Waals surface area contributed by atoms with E-state index in [-0.39, 0.29) is 17.7 Å². The second kappa shape index (κ2) is 6.65. The third-order valence-electron chi connectivity index (χ3n) is 4.56. The van der Waals surface area contributed by atoms with E-state index in [0.29, 0.717) is 36.9 Å². The summed E-state index contributed by atoms with van der Waals surface area (Å²) in [5.41, 5.74) is 0.551. The Morgan fingerprint density at radius 3 is 2.36 bits per heavy atom. The van der Waals surface area contributed by atoms with Gasteiger partial charge in [-0.05, 0) is 25.0 Å². The van der Waals surface area contributed by atoms with Crippen molar-refractivity contribution in [1.29, 1.82) is 0 Å². The van der Waals surface area contributed by atoms with Crippen LogP contribution in [0.15, 0.2) is 18.3 Å². The van der Waals surface area contributed by atoms with Crippen molar-refractivity contribution in [2.75, 3.05) is 26.2 Å². The van der Waals surface area contributed by atoms with Crippen LogP contribution in [-0.2, 0) is 4.79 Å². The topological polar surface area (TPSA) is 53.5 Å². The first kappa shape index (κ1) is 15.3. The number of hydrogen-bond donors (Lipinski definition) is 0. The predicted molar refractivity (Wildman–Crippen MR) is 83.7 cm³/mol. The number of piperazine rings is 1. The Morgan fingerprint density at radius 2 is 1.73 bits per heavy atom. The largest absolute Gasteiger partial charge is 0.339 e. The fourth-order valence-electron chi connectivity index (χ4n) is 3.28. The van der Waals surface area contributed by atoms with Gasteiger partial charge in [-0.25, -0.2) is 4.98 Å². The second-order valence-electron chi connectivity index (χ2n) is 5.97. The van der Waals surface area contributed by atoms with E-state index < -0.39 is 0 Å². The molecule has 22 heavy (non-hydrogen) atoms. The number of hydrogen-bond acceptors (Lipinski definition) is 3. The summed E-state index contributed by atoms with van der Waals surface area (Å²) in [5.74, 6) is 0.440. The molecule has 2 heterocycles. The number of halogens is 1. The zero-order chi connectivity index (χ0) is 15.5. The molecular weight excluding hydrogens is 302 g/mol. The number of aromatic nitrogens is 1. The summed E-state index contributed by atoms with van der Waals surface area (Å²) < 4.78 is 0. The molecular formula is C16H20ClN3O2. The summed E-state index contributed by atoms with van der Waals surface area (Å²) in [5, 5.41) is 0.320. The number of amides is 2. The van der Waals surface area contributed by atoms with Crippen LogP contribution in [0, 0.1) is 5.92 Å². The molecule has 5 nitrogen and oxygen atoms in total. The number of carbonyl (C=O) groups is 2. The molecule has 1 aliphatic heterocycles. The number of rotatable bonds is 2. The van der Waals surface area contributed by atoms with E-state index in [2.05, 4.69) is 4.98 Å². The Hall–Kier alpha value is -1.62. The molecule has 2 fully saturated rings. The third-order valence-corrected chi connectivity index (χ3v) is 4.76. The molecule has 1 aliphatic carbocycles. The Labute approximate surface area is 135 Å². The van der Waals surface area contributed by atoms with Crippen LogP contribution in [0.25, 0.3) is 0 Å². The maximum absolute atomic E-state index is 12.4. The highest BCUT2D eigenvalue weighted by Crippen LogP contribution is 2.27. The number of pyridine rings is 1. The lowest BCUT2D eigenvalue weighted by atomic mass is 10.1. The highest BCUT2D eigenvalue weighted by atomic mass is 35.5. The lowest BCUT2D eigenvalue weighted by Gasteiger charge is -2.36. The van der Waals surface area contributed by atoms with Gasteiger partial charge in [0.1, 0.15) is 5.15 Å². The summed E-state index contributed by atoms with van der Waals surface area (Å²) >= 11 is 5.83. The van der Waals surface area contributed by atoms with E-state index >= 15 is 0 Å². The Balaban J connectivity index is 1.57. The molecule has 1 saturated carbocycles. The van der Waals surface area contributed by atoms with Crippen LogP contribution in [0.2, 0.25) is 5.15 Å². The molecule has 2 amide bonds. The van der Waals surface area contributed by atoms with Gasteiger partial charge < -0.3 is 9.80 Å². The fourth-order valence-corrected chi connectivity index (χ4v) is 3.45. The van der Waals surface area contributed by atoms with E-state index in [9.17, 15) is 9.59 Å². The van der Waals surface area contributed by atoms with Crippen molar-refractivity contribution in [3.8, 4) is 0 Å². The standard InChI is InChI=1S/C16H20ClN3O2/c17-14-11-13(5-6-18-14)16(22)20-9-7-19(8-10-20)15(21)12-3-1-2-4-12/h5-6,11-12H,1-4,7-10H2. The van der Waals surface area contributed by atoms with Crippen molar-refractivity contribution < 1.29 is 9.59 Å². The normalized spacial score (nSPS) is 19.5. The number of carbonyl (C=O) groups excluding carboxylic acids is 2. The molecule has 0 unspecified atom stereocenters. The minimum absolute atomic E-state index is 0.0442. The van der Waals surface area contributed by atoms with E-state index in [1.165, 1.54) is 6.20 Å². The fraction of sp³-hybridized carbons (Fsp3) is 0.562. The average molecular weight is 322 g/mol. The molecule has 6 heteroatoms. The molecule has 0 bridgehead atoms. The molecule has 3 rings (SSSR count). The maximum Gasteiger partial charge on any atom is 0.254 e.